The second kappa shape index (κ2) is 5.88. The van der Waals surface area contributed by atoms with Crippen molar-refractivity contribution < 1.29 is 9.59 Å². The number of hydrogen-bond acceptors (Lipinski definition) is 3. The molecule has 0 radical (unpaired) electrons. The monoisotopic (exact) mass is 266 g/mol. The summed E-state index contributed by atoms with van der Waals surface area (Å²) in [4.78, 5) is 23.5. The van der Waals surface area contributed by atoms with Crippen LogP contribution in [0, 0.1) is 5.41 Å². The summed E-state index contributed by atoms with van der Waals surface area (Å²) in [7, 11) is 1.70. The molecule has 106 valence electrons. The Morgan fingerprint density at radius 2 is 1.95 bits per heavy atom. The number of aromatic nitrogens is 1. The topological polar surface area (TPSA) is 103 Å². The number of aryl methyl sites for hydroxylation is 1. The second-order valence-corrected chi connectivity index (χ2v) is 4.73. The normalized spacial score (nSPS) is 11.4. The highest BCUT2D eigenvalue weighted by Crippen LogP contribution is 2.27. The van der Waals surface area contributed by atoms with Crippen molar-refractivity contribution in [2.75, 3.05) is 11.9 Å². The fourth-order valence-corrected chi connectivity index (χ4v) is 2.09. The molecule has 6 heteroatoms. The van der Waals surface area contributed by atoms with Crippen molar-refractivity contribution in [2.24, 2.45) is 23.9 Å². The van der Waals surface area contributed by atoms with Crippen LogP contribution >= 0.6 is 0 Å². The molecular formula is C13H22N4O2. The van der Waals surface area contributed by atoms with Crippen LogP contribution in [0.25, 0.3) is 0 Å². The first-order valence-corrected chi connectivity index (χ1v) is 6.38. The quantitative estimate of drug-likeness (QED) is 0.710. The van der Waals surface area contributed by atoms with Gasteiger partial charge in [-0.05, 0) is 18.9 Å². The third-order valence-corrected chi connectivity index (χ3v) is 3.74. The molecule has 0 atom stereocenters. The minimum absolute atomic E-state index is 0.123. The number of rotatable bonds is 6. The van der Waals surface area contributed by atoms with E-state index in [-0.39, 0.29) is 5.91 Å². The van der Waals surface area contributed by atoms with Crippen LogP contribution in [0.1, 0.15) is 37.2 Å². The van der Waals surface area contributed by atoms with Gasteiger partial charge in [-0.3, -0.25) is 9.59 Å². The molecule has 0 aliphatic heterocycles. The van der Waals surface area contributed by atoms with E-state index in [0.717, 1.165) is 0 Å². The fourth-order valence-electron chi connectivity index (χ4n) is 2.09. The molecule has 0 bridgehead atoms. The van der Waals surface area contributed by atoms with Gasteiger partial charge in [0.05, 0.1) is 11.1 Å². The summed E-state index contributed by atoms with van der Waals surface area (Å²) in [5.41, 5.74) is 11.3. The summed E-state index contributed by atoms with van der Waals surface area (Å²) in [5, 5.41) is 2.80. The Balaban J connectivity index is 2.93. The van der Waals surface area contributed by atoms with Crippen molar-refractivity contribution >= 4 is 17.5 Å². The Hall–Kier alpha value is -1.82. The van der Waals surface area contributed by atoms with E-state index < -0.39 is 11.3 Å². The van der Waals surface area contributed by atoms with Gasteiger partial charge >= 0.3 is 0 Å². The van der Waals surface area contributed by atoms with Gasteiger partial charge in [0.25, 0.3) is 5.91 Å². The van der Waals surface area contributed by atoms with Crippen LogP contribution in [-0.4, -0.2) is 22.9 Å². The molecule has 19 heavy (non-hydrogen) atoms. The average Bonchev–Trinajstić information content (AvgIpc) is 2.73. The van der Waals surface area contributed by atoms with E-state index in [2.05, 4.69) is 5.32 Å². The smallest absolute Gasteiger partial charge is 0.265 e. The van der Waals surface area contributed by atoms with Crippen LogP contribution in [0.15, 0.2) is 12.3 Å². The van der Waals surface area contributed by atoms with Gasteiger partial charge in [-0.2, -0.15) is 0 Å². The predicted molar refractivity (Wildman–Crippen MR) is 74.6 cm³/mol. The Morgan fingerprint density at radius 3 is 2.32 bits per heavy atom. The summed E-state index contributed by atoms with van der Waals surface area (Å²) < 4.78 is 1.58. The van der Waals surface area contributed by atoms with Crippen LogP contribution in [-0.2, 0) is 11.8 Å². The zero-order valence-electron chi connectivity index (χ0n) is 11.7. The van der Waals surface area contributed by atoms with Crippen molar-refractivity contribution in [1.82, 2.24) is 4.57 Å². The molecule has 0 unspecified atom stereocenters. The Morgan fingerprint density at radius 1 is 1.37 bits per heavy atom. The number of nitrogens with two attached hydrogens (primary N) is 2. The third kappa shape index (κ3) is 2.96. The number of carbonyl (C=O) groups is 2. The van der Waals surface area contributed by atoms with Gasteiger partial charge in [-0.25, -0.2) is 0 Å². The van der Waals surface area contributed by atoms with E-state index in [1.54, 1.807) is 23.9 Å². The Bertz CT molecular complexity index is 467. The van der Waals surface area contributed by atoms with Crippen LogP contribution in [0.3, 0.4) is 0 Å². The lowest BCUT2D eigenvalue weighted by Gasteiger charge is -2.28. The Kier molecular flexibility index (Phi) is 4.72. The number of amides is 2. The molecule has 1 aromatic heterocycles. The lowest BCUT2D eigenvalue weighted by atomic mass is 9.81. The van der Waals surface area contributed by atoms with Crippen LogP contribution in [0.4, 0.5) is 5.69 Å². The number of hydrogen-bond donors (Lipinski definition) is 3. The van der Waals surface area contributed by atoms with E-state index in [4.69, 9.17) is 11.5 Å². The van der Waals surface area contributed by atoms with Crippen LogP contribution in [0.2, 0.25) is 0 Å². The Labute approximate surface area is 113 Å². The maximum atomic E-state index is 12.3. The van der Waals surface area contributed by atoms with E-state index in [0.29, 0.717) is 30.8 Å². The summed E-state index contributed by atoms with van der Waals surface area (Å²) in [6.45, 7) is 4.17. The molecule has 6 nitrogen and oxygen atoms in total. The summed E-state index contributed by atoms with van der Waals surface area (Å²) in [5.74, 6) is -0.652. The summed E-state index contributed by atoms with van der Waals surface area (Å²) >= 11 is 0. The number of nitrogens with one attached hydrogen (secondary N) is 1. The van der Waals surface area contributed by atoms with E-state index in [1.807, 2.05) is 13.8 Å². The lowest BCUT2D eigenvalue weighted by Crippen LogP contribution is -2.41. The summed E-state index contributed by atoms with van der Waals surface area (Å²) in [6.07, 6.45) is 2.99. The fraction of sp³-hybridized carbons (Fsp3) is 0.538. The molecule has 2 amide bonds. The molecule has 0 saturated carbocycles. The maximum Gasteiger partial charge on any atom is 0.265 e. The molecule has 0 aromatic carbocycles. The average molecular weight is 266 g/mol. The highest BCUT2D eigenvalue weighted by molar-refractivity contribution is 5.98. The van der Waals surface area contributed by atoms with Crippen LogP contribution < -0.4 is 16.8 Å². The van der Waals surface area contributed by atoms with Gasteiger partial charge in [-0.1, -0.05) is 13.8 Å². The molecule has 0 aliphatic rings. The van der Waals surface area contributed by atoms with Gasteiger partial charge in [0.1, 0.15) is 5.69 Å². The maximum absolute atomic E-state index is 12.3. The number of nitrogens with zero attached hydrogens (tertiary/aromatic N) is 1. The first-order chi connectivity index (χ1) is 8.90. The predicted octanol–water partition coefficient (Wildman–Crippen LogP) is 0.828. The highest BCUT2D eigenvalue weighted by Gasteiger charge is 2.33. The van der Waals surface area contributed by atoms with Gasteiger partial charge in [0.2, 0.25) is 5.91 Å². The third-order valence-electron chi connectivity index (χ3n) is 3.74. The molecule has 1 rings (SSSR count). The van der Waals surface area contributed by atoms with E-state index in [1.165, 1.54) is 0 Å². The van der Waals surface area contributed by atoms with Gasteiger partial charge in [0.15, 0.2) is 0 Å². The molecule has 0 aliphatic carbocycles. The van der Waals surface area contributed by atoms with Crippen molar-refractivity contribution in [2.45, 2.75) is 26.7 Å². The van der Waals surface area contributed by atoms with Crippen molar-refractivity contribution in [3.8, 4) is 0 Å². The minimum Gasteiger partial charge on any atom is -0.364 e. The van der Waals surface area contributed by atoms with Gasteiger partial charge in [-0.15, -0.1) is 0 Å². The molecule has 1 heterocycles. The molecule has 0 spiro atoms. The summed E-state index contributed by atoms with van der Waals surface area (Å²) in [6, 6.07) is 1.56. The highest BCUT2D eigenvalue weighted by atomic mass is 16.2. The molecule has 0 saturated heterocycles. The largest absolute Gasteiger partial charge is 0.364 e. The first-order valence-electron chi connectivity index (χ1n) is 6.38. The molecule has 5 N–H and O–H groups in total. The molecule has 1 aromatic rings. The number of primary amides is 1. The van der Waals surface area contributed by atoms with Crippen LogP contribution in [0.5, 0.6) is 0 Å². The SMILES string of the molecule is CCC(CC)(CN)C(=O)Nc1cc(C(N)=O)n(C)c1. The van der Waals surface area contributed by atoms with Crippen molar-refractivity contribution in [3.05, 3.63) is 18.0 Å². The minimum atomic E-state index is -0.567. The zero-order chi connectivity index (χ0) is 14.6. The van der Waals surface area contributed by atoms with E-state index in [9.17, 15) is 9.59 Å². The molecular weight excluding hydrogens is 244 g/mol. The number of carbonyl (C=O) groups excluding carboxylic acids is 2. The lowest BCUT2D eigenvalue weighted by molar-refractivity contribution is -0.125. The zero-order valence-corrected chi connectivity index (χ0v) is 11.7. The standard InChI is InChI=1S/C13H22N4O2/c1-4-13(5-2,8-14)12(19)16-9-6-10(11(15)18)17(3)7-9/h6-7H,4-5,8,14H2,1-3H3,(H2,15,18)(H,16,19). The van der Waals surface area contributed by atoms with Gasteiger partial charge < -0.3 is 21.4 Å². The van der Waals surface area contributed by atoms with Crippen molar-refractivity contribution in [1.29, 1.82) is 0 Å². The van der Waals surface area contributed by atoms with E-state index >= 15 is 0 Å². The van der Waals surface area contributed by atoms with Crippen molar-refractivity contribution in [3.63, 3.8) is 0 Å². The molecule has 0 fully saturated rings. The van der Waals surface area contributed by atoms with Gasteiger partial charge in [0, 0.05) is 19.8 Å². The second-order valence-electron chi connectivity index (χ2n) is 4.73. The first kappa shape index (κ1) is 15.2. The number of anilines is 1.